The van der Waals surface area contributed by atoms with Crippen molar-refractivity contribution >= 4 is 0 Å². The minimum Gasteiger partial charge on any atom is -0.493 e. The number of aryl methyl sites for hydroxylation is 1. The Balaban J connectivity index is 2.38. The average molecular weight is 277 g/mol. The van der Waals surface area contributed by atoms with Gasteiger partial charge >= 0.3 is 0 Å². The van der Waals surface area contributed by atoms with Gasteiger partial charge in [-0.3, -0.25) is 0 Å². The van der Waals surface area contributed by atoms with Crippen LogP contribution in [0.2, 0.25) is 0 Å². The van der Waals surface area contributed by atoms with Crippen molar-refractivity contribution in [3.05, 3.63) is 23.3 Å². The summed E-state index contributed by atoms with van der Waals surface area (Å²) in [6, 6.07) is 4.76. The summed E-state index contributed by atoms with van der Waals surface area (Å²) >= 11 is 0. The summed E-state index contributed by atoms with van der Waals surface area (Å²) in [5.74, 6) is 2.42. The molecule has 2 rings (SSSR count). The smallest absolute Gasteiger partial charge is 0.161 e. The maximum absolute atomic E-state index is 5.47. The first-order valence-corrected chi connectivity index (χ1v) is 7.67. The van der Waals surface area contributed by atoms with Crippen LogP contribution in [0.4, 0.5) is 0 Å². The summed E-state index contributed by atoms with van der Waals surface area (Å²) < 4.78 is 10.9. The number of rotatable bonds is 5. The highest BCUT2D eigenvalue weighted by atomic mass is 16.5. The van der Waals surface area contributed by atoms with E-state index in [-0.39, 0.29) is 0 Å². The van der Waals surface area contributed by atoms with Crippen LogP contribution in [-0.2, 0) is 6.42 Å². The van der Waals surface area contributed by atoms with Crippen LogP contribution < -0.4 is 14.8 Å². The van der Waals surface area contributed by atoms with Crippen LogP contribution in [0.15, 0.2) is 12.1 Å². The highest BCUT2D eigenvalue weighted by molar-refractivity contribution is 5.49. The van der Waals surface area contributed by atoms with Gasteiger partial charge in [0, 0.05) is 6.04 Å². The maximum atomic E-state index is 5.47. The predicted octanol–water partition coefficient (Wildman–Crippen LogP) is 3.72. The van der Waals surface area contributed by atoms with Gasteiger partial charge in [0.15, 0.2) is 11.5 Å². The lowest BCUT2D eigenvalue weighted by molar-refractivity contribution is 0.353. The molecule has 2 atom stereocenters. The first-order chi connectivity index (χ1) is 9.69. The number of ether oxygens (including phenoxy) is 2. The molecule has 0 aliphatic heterocycles. The third kappa shape index (κ3) is 3.26. The molecule has 1 N–H and O–H groups in total. The summed E-state index contributed by atoms with van der Waals surface area (Å²) in [6.07, 6.45) is 4.73. The van der Waals surface area contributed by atoms with Crippen LogP contribution >= 0.6 is 0 Å². The lowest BCUT2D eigenvalue weighted by atomic mass is 9.96. The van der Waals surface area contributed by atoms with E-state index in [4.69, 9.17) is 9.47 Å². The number of nitrogens with one attached hydrogen (secondary N) is 1. The van der Waals surface area contributed by atoms with Gasteiger partial charge < -0.3 is 14.8 Å². The number of methoxy groups -OCH3 is 2. The summed E-state index contributed by atoms with van der Waals surface area (Å²) in [6.45, 7) is 5.62. The highest BCUT2D eigenvalue weighted by Gasteiger charge is 2.24. The van der Waals surface area contributed by atoms with Gasteiger partial charge in [-0.15, -0.1) is 0 Å². The second kappa shape index (κ2) is 6.98. The van der Waals surface area contributed by atoms with E-state index in [1.54, 1.807) is 14.2 Å². The SMILES string of the molecule is CCCNC1CC(C)CCc2cc(OC)c(OC)cc21. The van der Waals surface area contributed by atoms with Crippen LogP contribution in [0, 0.1) is 5.92 Å². The third-order valence-electron chi connectivity index (χ3n) is 4.21. The summed E-state index contributed by atoms with van der Waals surface area (Å²) in [7, 11) is 3.41. The van der Waals surface area contributed by atoms with Gasteiger partial charge in [0.2, 0.25) is 0 Å². The predicted molar refractivity (Wildman–Crippen MR) is 82.7 cm³/mol. The molecule has 2 unspecified atom stereocenters. The molecule has 0 bridgehead atoms. The fourth-order valence-corrected chi connectivity index (χ4v) is 3.04. The monoisotopic (exact) mass is 277 g/mol. The molecule has 20 heavy (non-hydrogen) atoms. The van der Waals surface area contributed by atoms with Crippen molar-refractivity contribution < 1.29 is 9.47 Å². The minimum atomic E-state index is 0.433. The highest BCUT2D eigenvalue weighted by Crippen LogP contribution is 2.38. The number of hydrogen-bond acceptors (Lipinski definition) is 3. The minimum absolute atomic E-state index is 0.433. The Kier molecular flexibility index (Phi) is 5.30. The molecule has 0 saturated carbocycles. The molecule has 0 saturated heterocycles. The van der Waals surface area contributed by atoms with Gasteiger partial charge in [0.1, 0.15) is 0 Å². The normalized spacial score (nSPS) is 22.0. The van der Waals surface area contributed by atoms with Crippen molar-refractivity contribution in [2.75, 3.05) is 20.8 Å². The Bertz CT molecular complexity index is 445. The topological polar surface area (TPSA) is 30.5 Å². The van der Waals surface area contributed by atoms with E-state index in [1.807, 2.05) is 0 Å². The fourth-order valence-electron chi connectivity index (χ4n) is 3.04. The Morgan fingerprint density at radius 1 is 1.20 bits per heavy atom. The quantitative estimate of drug-likeness (QED) is 0.832. The van der Waals surface area contributed by atoms with Gasteiger partial charge in [-0.1, -0.05) is 13.8 Å². The lowest BCUT2D eigenvalue weighted by Gasteiger charge is -2.22. The molecule has 1 aromatic rings. The number of benzene rings is 1. The molecule has 3 heteroatoms. The zero-order valence-electron chi connectivity index (χ0n) is 13.2. The molecule has 1 aliphatic carbocycles. The molecule has 1 aliphatic rings. The van der Waals surface area contributed by atoms with E-state index in [9.17, 15) is 0 Å². The molecule has 3 nitrogen and oxygen atoms in total. The van der Waals surface area contributed by atoms with Gasteiger partial charge in [-0.05, 0) is 61.4 Å². The van der Waals surface area contributed by atoms with Gasteiger partial charge in [0.25, 0.3) is 0 Å². The second-order valence-corrected chi connectivity index (χ2v) is 5.79. The molecule has 0 heterocycles. The molecule has 0 amide bonds. The van der Waals surface area contributed by atoms with Crippen molar-refractivity contribution in [2.24, 2.45) is 5.92 Å². The van der Waals surface area contributed by atoms with Crippen LogP contribution in [0.1, 0.15) is 50.3 Å². The van der Waals surface area contributed by atoms with Gasteiger partial charge in [-0.2, -0.15) is 0 Å². The van der Waals surface area contributed by atoms with Crippen molar-refractivity contribution in [1.29, 1.82) is 0 Å². The Hall–Kier alpha value is -1.22. The van der Waals surface area contributed by atoms with Crippen molar-refractivity contribution in [3.63, 3.8) is 0 Å². The van der Waals surface area contributed by atoms with E-state index in [0.29, 0.717) is 6.04 Å². The second-order valence-electron chi connectivity index (χ2n) is 5.79. The third-order valence-corrected chi connectivity index (χ3v) is 4.21. The first-order valence-electron chi connectivity index (χ1n) is 7.67. The van der Waals surface area contributed by atoms with E-state index in [2.05, 4.69) is 31.3 Å². The Labute approximate surface area is 122 Å². The molecule has 0 aromatic heterocycles. The molecule has 112 valence electrons. The van der Waals surface area contributed by atoms with E-state index in [1.165, 1.54) is 24.0 Å². The molecule has 0 fully saturated rings. The zero-order chi connectivity index (χ0) is 14.5. The Morgan fingerprint density at radius 3 is 2.55 bits per heavy atom. The largest absolute Gasteiger partial charge is 0.493 e. The van der Waals surface area contributed by atoms with E-state index in [0.717, 1.165) is 36.8 Å². The summed E-state index contributed by atoms with van der Waals surface area (Å²) in [5.41, 5.74) is 2.79. The molecule has 0 radical (unpaired) electrons. The van der Waals surface area contributed by atoms with E-state index < -0.39 is 0 Å². The fraction of sp³-hybridized carbons (Fsp3) is 0.647. The molecule has 1 aromatic carbocycles. The van der Waals surface area contributed by atoms with Crippen LogP contribution in [0.5, 0.6) is 11.5 Å². The number of hydrogen-bond donors (Lipinski definition) is 1. The average Bonchev–Trinajstić information content (AvgIpc) is 2.62. The molecular formula is C17H27NO2. The summed E-state index contributed by atoms with van der Waals surface area (Å²) in [5, 5.41) is 3.69. The lowest BCUT2D eigenvalue weighted by Crippen LogP contribution is -2.23. The van der Waals surface area contributed by atoms with Gasteiger partial charge in [-0.25, -0.2) is 0 Å². The van der Waals surface area contributed by atoms with Crippen molar-refractivity contribution in [1.82, 2.24) is 5.32 Å². The van der Waals surface area contributed by atoms with E-state index >= 15 is 0 Å². The van der Waals surface area contributed by atoms with Crippen LogP contribution in [0.3, 0.4) is 0 Å². The Morgan fingerprint density at radius 2 is 1.90 bits per heavy atom. The number of fused-ring (bicyclic) bond motifs is 1. The first kappa shape index (κ1) is 15.2. The molecular weight excluding hydrogens is 250 g/mol. The molecule has 0 spiro atoms. The van der Waals surface area contributed by atoms with Crippen LogP contribution in [0.25, 0.3) is 0 Å². The maximum Gasteiger partial charge on any atom is 0.161 e. The summed E-state index contributed by atoms with van der Waals surface area (Å²) in [4.78, 5) is 0. The van der Waals surface area contributed by atoms with Crippen molar-refractivity contribution in [3.8, 4) is 11.5 Å². The zero-order valence-corrected chi connectivity index (χ0v) is 13.2. The standard InChI is InChI=1S/C17H27NO2/c1-5-8-18-15-9-12(2)6-7-13-10-16(19-3)17(20-4)11-14(13)15/h10-12,15,18H,5-9H2,1-4H3. The van der Waals surface area contributed by atoms with Crippen molar-refractivity contribution in [2.45, 2.75) is 45.6 Å². The van der Waals surface area contributed by atoms with Crippen LogP contribution in [-0.4, -0.2) is 20.8 Å². The van der Waals surface area contributed by atoms with Gasteiger partial charge in [0.05, 0.1) is 14.2 Å².